The van der Waals surface area contributed by atoms with Crippen molar-refractivity contribution in [3.8, 4) is 16.9 Å². The molecular formula is C14H14ClN3O. The second-order valence-electron chi connectivity index (χ2n) is 4.29. The van der Waals surface area contributed by atoms with Crippen molar-refractivity contribution in [2.45, 2.75) is 6.23 Å². The van der Waals surface area contributed by atoms with Gasteiger partial charge >= 0.3 is 0 Å². The van der Waals surface area contributed by atoms with Gasteiger partial charge in [0.2, 0.25) is 0 Å². The summed E-state index contributed by atoms with van der Waals surface area (Å²) in [6, 6.07) is 15.7. The van der Waals surface area contributed by atoms with E-state index in [2.05, 4.69) is 16.4 Å². The summed E-state index contributed by atoms with van der Waals surface area (Å²) in [5, 5.41) is 0.731. The molecule has 0 spiro atoms. The largest absolute Gasteiger partial charge is 0.473 e. The van der Waals surface area contributed by atoms with Crippen molar-refractivity contribution < 1.29 is 4.74 Å². The Labute approximate surface area is 116 Å². The molecule has 98 valence electrons. The number of hydrazine groups is 2. The molecule has 1 atom stereocenters. The van der Waals surface area contributed by atoms with E-state index in [9.17, 15) is 0 Å². The fourth-order valence-corrected chi connectivity index (χ4v) is 2.17. The van der Waals surface area contributed by atoms with E-state index in [1.165, 1.54) is 0 Å². The number of benzene rings is 2. The third-order valence-corrected chi connectivity index (χ3v) is 3.11. The van der Waals surface area contributed by atoms with E-state index >= 15 is 0 Å². The molecule has 1 aliphatic heterocycles. The molecule has 0 bridgehead atoms. The van der Waals surface area contributed by atoms with Crippen LogP contribution in [0.15, 0.2) is 48.5 Å². The number of nitrogens with one attached hydrogen (secondary N) is 3. The third kappa shape index (κ3) is 3.05. The first-order chi connectivity index (χ1) is 9.31. The first-order valence-corrected chi connectivity index (χ1v) is 6.45. The van der Waals surface area contributed by atoms with Crippen molar-refractivity contribution in [1.29, 1.82) is 0 Å². The summed E-state index contributed by atoms with van der Waals surface area (Å²) in [6.07, 6.45) is -0.0744. The zero-order valence-electron chi connectivity index (χ0n) is 10.2. The molecule has 19 heavy (non-hydrogen) atoms. The lowest BCUT2D eigenvalue weighted by Gasteiger charge is -2.13. The standard InChI is InChI=1S/C14H14ClN3O/c15-12-5-1-3-10(7-12)11-4-2-6-13(8-11)19-14-9-16-18-17-14/h1-8,14,16-18H,9H2. The molecule has 1 fully saturated rings. The molecule has 0 aliphatic carbocycles. The monoisotopic (exact) mass is 275 g/mol. The van der Waals surface area contributed by atoms with Crippen LogP contribution in [0.25, 0.3) is 11.1 Å². The quantitative estimate of drug-likeness (QED) is 0.805. The van der Waals surface area contributed by atoms with Gasteiger partial charge in [0.1, 0.15) is 5.75 Å². The first kappa shape index (κ1) is 12.4. The minimum absolute atomic E-state index is 0.0744. The highest BCUT2D eigenvalue weighted by atomic mass is 35.5. The molecule has 2 aromatic rings. The maximum absolute atomic E-state index is 6.01. The lowest BCUT2D eigenvalue weighted by molar-refractivity contribution is 0.191. The smallest absolute Gasteiger partial charge is 0.177 e. The highest BCUT2D eigenvalue weighted by molar-refractivity contribution is 6.30. The Kier molecular flexibility index (Phi) is 3.66. The molecular weight excluding hydrogens is 262 g/mol. The van der Waals surface area contributed by atoms with E-state index in [-0.39, 0.29) is 6.23 Å². The molecule has 3 rings (SSSR count). The van der Waals surface area contributed by atoms with Gasteiger partial charge in [-0.1, -0.05) is 35.9 Å². The van der Waals surface area contributed by atoms with Crippen LogP contribution >= 0.6 is 11.6 Å². The predicted molar refractivity (Wildman–Crippen MR) is 75.6 cm³/mol. The van der Waals surface area contributed by atoms with E-state index in [0.717, 1.165) is 21.9 Å². The van der Waals surface area contributed by atoms with Crippen LogP contribution < -0.4 is 21.1 Å². The SMILES string of the molecule is Clc1cccc(-c2cccc(OC3CNNN3)c2)c1. The summed E-state index contributed by atoms with van der Waals surface area (Å²) in [6.45, 7) is 0.710. The molecule has 0 radical (unpaired) electrons. The van der Waals surface area contributed by atoms with Gasteiger partial charge in [-0.25, -0.2) is 10.9 Å². The molecule has 0 saturated carbocycles. The summed E-state index contributed by atoms with van der Waals surface area (Å²) in [4.78, 5) is 0. The van der Waals surface area contributed by atoms with Crippen molar-refractivity contribution in [2.24, 2.45) is 0 Å². The topological polar surface area (TPSA) is 45.3 Å². The van der Waals surface area contributed by atoms with Gasteiger partial charge in [-0.15, -0.1) is 0 Å². The fraction of sp³-hybridized carbons (Fsp3) is 0.143. The van der Waals surface area contributed by atoms with Crippen molar-refractivity contribution >= 4 is 11.6 Å². The number of hydrogen-bond acceptors (Lipinski definition) is 4. The van der Waals surface area contributed by atoms with Crippen LogP contribution in [0.3, 0.4) is 0 Å². The van der Waals surface area contributed by atoms with Gasteiger partial charge < -0.3 is 4.74 Å². The van der Waals surface area contributed by atoms with E-state index in [0.29, 0.717) is 6.54 Å². The van der Waals surface area contributed by atoms with Gasteiger partial charge in [0.15, 0.2) is 6.23 Å². The van der Waals surface area contributed by atoms with Crippen LogP contribution in [0.2, 0.25) is 5.02 Å². The van der Waals surface area contributed by atoms with Crippen molar-refractivity contribution in [2.75, 3.05) is 6.54 Å². The van der Waals surface area contributed by atoms with Crippen molar-refractivity contribution in [3.63, 3.8) is 0 Å². The minimum Gasteiger partial charge on any atom is -0.473 e. The normalized spacial score (nSPS) is 18.5. The Hall–Kier alpha value is -1.59. The fourth-order valence-electron chi connectivity index (χ4n) is 1.98. The molecule has 1 aliphatic rings. The molecule has 1 heterocycles. The maximum atomic E-state index is 6.01. The van der Waals surface area contributed by atoms with Gasteiger partial charge in [-0.05, 0) is 35.4 Å². The van der Waals surface area contributed by atoms with Gasteiger partial charge in [-0.3, -0.25) is 0 Å². The van der Waals surface area contributed by atoms with Crippen LogP contribution in [-0.2, 0) is 0 Å². The van der Waals surface area contributed by atoms with Crippen molar-refractivity contribution in [1.82, 2.24) is 16.4 Å². The Morgan fingerprint density at radius 2 is 1.84 bits per heavy atom. The zero-order valence-corrected chi connectivity index (χ0v) is 10.9. The van der Waals surface area contributed by atoms with Gasteiger partial charge in [-0.2, -0.15) is 5.53 Å². The second kappa shape index (κ2) is 5.59. The lowest BCUT2D eigenvalue weighted by Crippen LogP contribution is -2.36. The minimum atomic E-state index is -0.0744. The molecule has 0 aromatic heterocycles. The number of rotatable bonds is 3. The van der Waals surface area contributed by atoms with Crippen LogP contribution in [0, 0.1) is 0 Å². The van der Waals surface area contributed by atoms with E-state index in [1.807, 2.05) is 48.5 Å². The summed E-state index contributed by atoms with van der Waals surface area (Å²) in [5.41, 5.74) is 10.9. The highest BCUT2D eigenvalue weighted by Gasteiger charge is 2.14. The maximum Gasteiger partial charge on any atom is 0.177 e. The van der Waals surface area contributed by atoms with Gasteiger partial charge in [0.05, 0.1) is 6.54 Å². The summed E-state index contributed by atoms with van der Waals surface area (Å²) in [7, 11) is 0. The Balaban J connectivity index is 1.82. The Morgan fingerprint density at radius 3 is 2.58 bits per heavy atom. The second-order valence-corrected chi connectivity index (χ2v) is 4.73. The lowest BCUT2D eigenvalue weighted by atomic mass is 10.1. The molecule has 1 saturated heterocycles. The zero-order chi connectivity index (χ0) is 13.1. The number of hydrogen-bond donors (Lipinski definition) is 3. The van der Waals surface area contributed by atoms with E-state index in [1.54, 1.807) is 0 Å². The molecule has 5 heteroatoms. The molecule has 4 nitrogen and oxygen atoms in total. The van der Waals surface area contributed by atoms with E-state index in [4.69, 9.17) is 16.3 Å². The average molecular weight is 276 g/mol. The predicted octanol–water partition coefficient (Wildman–Crippen LogP) is 2.32. The third-order valence-electron chi connectivity index (χ3n) is 2.88. The molecule has 0 amide bonds. The van der Waals surface area contributed by atoms with Crippen LogP contribution in [0.4, 0.5) is 0 Å². The van der Waals surface area contributed by atoms with Gasteiger partial charge in [0, 0.05) is 5.02 Å². The van der Waals surface area contributed by atoms with Crippen LogP contribution in [-0.4, -0.2) is 12.8 Å². The van der Waals surface area contributed by atoms with Crippen LogP contribution in [0.5, 0.6) is 5.75 Å². The summed E-state index contributed by atoms with van der Waals surface area (Å²) < 4.78 is 5.80. The Morgan fingerprint density at radius 1 is 1.05 bits per heavy atom. The van der Waals surface area contributed by atoms with E-state index < -0.39 is 0 Å². The molecule has 3 N–H and O–H groups in total. The van der Waals surface area contributed by atoms with Gasteiger partial charge in [0.25, 0.3) is 0 Å². The molecule has 1 unspecified atom stereocenters. The average Bonchev–Trinajstić information content (AvgIpc) is 2.92. The van der Waals surface area contributed by atoms with Crippen LogP contribution in [0.1, 0.15) is 0 Å². The number of halogens is 1. The summed E-state index contributed by atoms with van der Waals surface area (Å²) in [5.74, 6) is 0.820. The van der Waals surface area contributed by atoms with Crippen molar-refractivity contribution in [3.05, 3.63) is 53.6 Å². The molecule has 2 aromatic carbocycles. The first-order valence-electron chi connectivity index (χ1n) is 6.07. The number of ether oxygens (including phenoxy) is 1. The Bertz CT molecular complexity index is 570. The summed E-state index contributed by atoms with van der Waals surface area (Å²) >= 11 is 6.01. The highest BCUT2D eigenvalue weighted by Crippen LogP contribution is 2.26.